The van der Waals surface area contributed by atoms with Crippen molar-refractivity contribution < 1.29 is 18.0 Å². The minimum Gasteiger partial charge on any atom is -0.349 e. The number of rotatable bonds is 4. The van der Waals surface area contributed by atoms with Crippen LogP contribution >= 0.6 is 24.1 Å². The lowest BCUT2D eigenvalue weighted by molar-refractivity contribution is -0.183. The summed E-state index contributed by atoms with van der Waals surface area (Å²) in [5.41, 5.74) is 0.0382. The van der Waals surface area contributed by atoms with E-state index >= 15 is 0 Å². The molecule has 6 nitrogen and oxygen atoms in total. The average Bonchev–Trinajstić information content (AvgIpc) is 2.92. The molecule has 1 aliphatic heterocycles. The summed E-state index contributed by atoms with van der Waals surface area (Å²) in [4.78, 5) is 12.9. The molecule has 0 bridgehead atoms. The fourth-order valence-electron chi connectivity index (χ4n) is 1.99. The van der Waals surface area contributed by atoms with Gasteiger partial charge in [-0.3, -0.25) is 9.69 Å². The fraction of sp³-hybridized carbons (Fsp3) is 0.700. The van der Waals surface area contributed by atoms with Crippen molar-refractivity contribution in [3.05, 3.63) is 11.9 Å². The van der Waals surface area contributed by atoms with Gasteiger partial charge in [-0.15, -0.1) is 12.4 Å². The number of nitrogens with zero attached hydrogens (tertiary/aromatic N) is 3. The molecule has 1 saturated heterocycles. The van der Waals surface area contributed by atoms with E-state index in [1.807, 2.05) is 0 Å². The first-order valence-electron chi connectivity index (χ1n) is 6.05. The van der Waals surface area contributed by atoms with E-state index in [9.17, 15) is 18.0 Å². The monoisotopic (exact) mass is 345 g/mol. The molecule has 1 aliphatic rings. The minimum absolute atomic E-state index is 0. The third-order valence-electron chi connectivity index (χ3n) is 3.02. The molecule has 1 atom stereocenters. The molecule has 2 heterocycles. The summed E-state index contributed by atoms with van der Waals surface area (Å²) in [6.07, 6.45) is -3.15. The maximum Gasteiger partial charge on any atom is 0.405 e. The molecule has 1 amide bonds. The van der Waals surface area contributed by atoms with E-state index in [1.165, 1.54) is 11.1 Å². The Labute approximate surface area is 129 Å². The molecule has 1 fully saturated rings. The Balaban J connectivity index is 0.00000220. The molecule has 1 unspecified atom stereocenters. The van der Waals surface area contributed by atoms with Gasteiger partial charge in [0.15, 0.2) is 5.69 Å². The summed E-state index contributed by atoms with van der Waals surface area (Å²) in [6.45, 7) is 1.14. The molecule has 2 rings (SSSR count). The number of halogens is 4. The van der Waals surface area contributed by atoms with Gasteiger partial charge in [0.05, 0.1) is 17.9 Å². The zero-order valence-electron chi connectivity index (χ0n) is 10.9. The third-order valence-corrected chi connectivity index (χ3v) is 3.50. The van der Waals surface area contributed by atoms with Crippen LogP contribution in [-0.2, 0) is 0 Å². The number of hydrogen-bond donors (Lipinski definition) is 2. The Morgan fingerprint density at radius 3 is 2.67 bits per heavy atom. The Hall–Kier alpha value is -0.970. The maximum absolute atomic E-state index is 13.1. The molecule has 0 saturated carbocycles. The molecule has 1 aromatic rings. The molecule has 0 aromatic carbocycles. The first kappa shape index (κ1) is 18.1. The largest absolute Gasteiger partial charge is 0.405 e. The maximum atomic E-state index is 13.1. The number of carbonyl (C=O) groups excluding carboxylic acids is 1. The van der Waals surface area contributed by atoms with Crippen LogP contribution in [-0.4, -0.2) is 64.5 Å². The van der Waals surface area contributed by atoms with E-state index in [1.54, 1.807) is 0 Å². The van der Waals surface area contributed by atoms with Gasteiger partial charge in [-0.25, -0.2) is 0 Å². The second-order valence-electron chi connectivity index (χ2n) is 4.35. The number of carbonyl (C=O) groups is 1. The van der Waals surface area contributed by atoms with Crippen molar-refractivity contribution in [1.29, 1.82) is 0 Å². The molecule has 0 spiro atoms. The van der Waals surface area contributed by atoms with E-state index in [4.69, 9.17) is 0 Å². The highest BCUT2D eigenvalue weighted by Crippen LogP contribution is 2.24. The first-order valence-corrected chi connectivity index (χ1v) is 6.79. The van der Waals surface area contributed by atoms with E-state index in [0.29, 0.717) is 26.2 Å². The molecular formula is C10H15ClF3N5OS. The summed E-state index contributed by atoms with van der Waals surface area (Å²) in [5, 5.41) is 5.27. The quantitative estimate of drug-likeness (QED) is 0.833. The Morgan fingerprint density at radius 1 is 1.48 bits per heavy atom. The minimum atomic E-state index is -4.38. The third kappa shape index (κ3) is 5.06. The number of nitrogens with one attached hydrogen (secondary N) is 2. The lowest BCUT2D eigenvalue weighted by atomic mass is 10.2. The van der Waals surface area contributed by atoms with Gasteiger partial charge in [0.25, 0.3) is 5.91 Å². The van der Waals surface area contributed by atoms with Crippen LogP contribution in [0.15, 0.2) is 6.20 Å². The van der Waals surface area contributed by atoms with Gasteiger partial charge in [0.2, 0.25) is 0 Å². The molecule has 2 N–H and O–H groups in total. The molecule has 120 valence electrons. The number of amides is 1. The predicted octanol–water partition coefficient (Wildman–Crippen LogP) is 0.526. The van der Waals surface area contributed by atoms with Crippen LogP contribution in [0.25, 0.3) is 0 Å². The van der Waals surface area contributed by atoms with Gasteiger partial charge in [0.1, 0.15) is 6.04 Å². The van der Waals surface area contributed by atoms with Crippen molar-refractivity contribution in [2.45, 2.75) is 12.2 Å². The van der Waals surface area contributed by atoms with Crippen LogP contribution in [0.2, 0.25) is 0 Å². The molecule has 11 heteroatoms. The summed E-state index contributed by atoms with van der Waals surface area (Å²) in [7, 11) is 0. The number of alkyl halides is 3. The summed E-state index contributed by atoms with van der Waals surface area (Å²) < 4.78 is 46.5. The molecule has 21 heavy (non-hydrogen) atoms. The second kappa shape index (κ2) is 7.87. The lowest BCUT2D eigenvalue weighted by Crippen LogP contribution is -2.57. The van der Waals surface area contributed by atoms with Gasteiger partial charge >= 0.3 is 6.18 Å². The van der Waals surface area contributed by atoms with Crippen molar-refractivity contribution in [3.8, 4) is 0 Å². The highest BCUT2D eigenvalue weighted by molar-refractivity contribution is 6.99. The Bertz CT molecular complexity index is 438. The normalized spacial score (nSPS) is 17.9. The van der Waals surface area contributed by atoms with Gasteiger partial charge in [-0.2, -0.15) is 21.9 Å². The van der Waals surface area contributed by atoms with Crippen molar-refractivity contribution in [2.24, 2.45) is 0 Å². The van der Waals surface area contributed by atoms with Gasteiger partial charge in [0, 0.05) is 32.7 Å². The van der Waals surface area contributed by atoms with Crippen LogP contribution in [0.5, 0.6) is 0 Å². The fourth-order valence-corrected chi connectivity index (χ4v) is 2.40. The van der Waals surface area contributed by atoms with Crippen molar-refractivity contribution in [3.63, 3.8) is 0 Å². The highest BCUT2D eigenvalue weighted by atomic mass is 35.5. The van der Waals surface area contributed by atoms with Crippen LogP contribution in [0.3, 0.4) is 0 Å². The van der Waals surface area contributed by atoms with Crippen LogP contribution in [0.4, 0.5) is 13.2 Å². The SMILES string of the molecule is Cl.O=C(NCC(N1CCNCC1)C(F)(F)F)c1cnsn1. The zero-order chi connectivity index (χ0) is 14.6. The van der Waals surface area contributed by atoms with E-state index < -0.39 is 24.7 Å². The van der Waals surface area contributed by atoms with Crippen molar-refractivity contribution in [2.75, 3.05) is 32.7 Å². The van der Waals surface area contributed by atoms with Gasteiger partial charge in [-0.1, -0.05) is 0 Å². The van der Waals surface area contributed by atoms with E-state index in [-0.39, 0.29) is 18.1 Å². The summed E-state index contributed by atoms with van der Waals surface area (Å²) in [5.74, 6) is -0.636. The van der Waals surface area contributed by atoms with E-state index in [0.717, 1.165) is 11.7 Å². The number of hydrogen-bond acceptors (Lipinski definition) is 6. The number of aromatic nitrogens is 2. The van der Waals surface area contributed by atoms with Gasteiger partial charge < -0.3 is 10.6 Å². The smallest absolute Gasteiger partial charge is 0.349 e. The van der Waals surface area contributed by atoms with Gasteiger partial charge in [-0.05, 0) is 0 Å². The molecule has 1 aromatic heterocycles. The second-order valence-corrected chi connectivity index (χ2v) is 4.90. The summed E-state index contributed by atoms with van der Waals surface area (Å²) >= 11 is 0.834. The Morgan fingerprint density at radius 2 is 2.14 bits per heavy atom. The number of piperazine rings is 1. The predicted molar refractivity (Wildman–Crippen MR) is 73.8 cm³/mol. The highest BCUT2D eigenvalue weighted by Gasteiger charge is 2.43. The van der Waals surface area contributed by atoms with Crippen molar-refractivity contribution >= 4 is 30.0 Å². The standard InChI is InChI=1S/C10H14F3N5OS.ClH/c11-10(12,13)8(18-3-1-14-2-4-18)6-15-9(19)7-5-16-20-17-7;/h5,8,14H,1-4,6H2,(H,15,19);1H. The zero-order valence-corrected chi connectivity index (χ0v) is 12.5. The summed E-state index contributed by atoms with van der Waals surface area (Å²) in [6, 6.07) is -1.68. The average molecular weight is 346 g/mol. The lowest BCUT2D eigenvalue weighted by Gasteiger charge is -2.35. The first-order chi connectivity index (χ1) is 9.48. The topological polar surface area (TPSA) is 70.2 Å². The Kier molecular flexibility index (Phi) is 6.78. The molecular weight excluding hydrogens is 331 g/mol. The van der Waals surface area contributed by atoms with Crippen LogP contribution < -0.4 is 10.6 Å². The van der Waals surface area contributed by atoms with E-state index in [2.05, 4.69) is 19.4 Å². The van der Waals surface area contributed by atoms with Crippen LogP contribution in [0.1, 0.15) is 10.5 Å². The molecule has 0 aliphatic carbocycles. The van der Waals surface area contributed by atoms with Crippen LogP contribution in [0, 0.1) is 0 Å². The van der Waals surface area contributed by atoms with Crippen molar-refractivity contribution in [1.82, 2.24) is 24.3 Å². The molecule has 0 radical (unpaired) electrons.